The zero-order valence-electron chi connectivity index (χ0n) is 18.1. The molecule has 0 unspecified atom stereocenters. The highest BCUT2D eigenvalue weighted by molar-refractivity contribution is 6.36. The van der Waals surface area contributed by atoms with Crippen LogP contribution in [0.25, 0.3) is 0 Å². The third-order valence-electron chi connectivity index (χ3n) is 4.36. The van der Waals surface area contributed by atoms with E-state index >= 15 is 0 Å². The number of nitrogens with one attached hydrogen (secondary N) is 1. The first-order valence-corrected chi connectivity index (χ1v) is 10.6. The summed E-state index contributed by atoms with van der Waals surface area (Å²) in [6, 6.07) is 14.7. The zero-order chi connectivity index (χ0) is 25.4. The first kappa shape index (κ1) is 25.5. The maximum atomic E-state index is 12.4. The molecule has 3 aromatic carbocycles. The summed E-state index contributed by atoms with van der Waals surface area (Å²) in [5.41, 5.74) is 2.65. The maximum Gasteiger partial charge on any atom is 0.345 e. The summed E-state index contributed by atoms with van der Waals surface area (Å²) in [5.74, 6) is -0.985. The molecular formula is C23H17Cl2N3O7. The molecule has 12 heteroatoms. The van der Waals surface area contributed by atoms with Gasteiger partial charge in [0.25, 0.3) is 5.91 Å². The van der Waals surface area contributed by atoms with Crippen LogP contribution in [-0.4, -0.2) is 36.7 Å². The molecule has 1 N–H and O–H groups in total. The summed E-state index contributed by atoms with van der Waals surface area (Å²) in [6.45, 7) is -0.479. The van der Waals surface area contributed by atoms with Crippen LogP contribution >= 0.6 is 23.2 Å². The highest BCUT2D eigenvalue weighted by Gasteiger charge is 2.17. The number of esters is 1. The third kappa shape index (κ3) is 6.92. The Labute approximate surface area is 209 Å². The van der Waals surface area contributed by atoms with Crippen molar-refractivity contribution in [2.24, 2.45) is 5.10 Å². The van der Waals surface area contributed by atoms with E-state index < -0.39 is 23.4 Å². The number of halogens is 2. The van der Waals surface area contributed by atoms with E-state index in [0.29, 0.717) is 10.6 Å². The van der Waals surface area contributed by atoms with Gasteiger partial charge in [0, 0.05) is 11.1 Å². The number of carbonyl (C=O) groups is 2. The molecule has 3 aromatic rings. The number of methoxy groups -OCH3 is 1. The second kappa shape index (κ2) is 11.8. The lowest BCUT2D eigenvalue weighted by Gasteiger charge is -2.10. The number of benzene rings is 3. The van der Waals surface area contributed by atoms with Crippen LogP contribution in [0.15, 0.2) is 65.8 Å². The molecule has 0 aliphatic rings. The van der Waals surface area contributed by atoms with Gasteiger partial charge in [-0.2, -0.15) is 5.10 Å². The molecule has 0 bridgehead atoms. The van der Waals surface area contributed by atoms with Crippen molar-refractivity contribution in [2.45, 2.75) is 0 Å². The average molecular weight is 518 g/mol. The summed E-state index contributed by atoms with van der Waals surface area (Å²) < 4.78 is 15.8. The predicted octanol–water partition coefficient (Wildman–Crippen LogP) is 4.66. The normalized spacial score (nSPS) is 10.6. The van der Waals surface area contributed by atoms with Gasteiger partial charge >= 0.3 is 11.7 Å². The van der Waals surface area contributed by atoms with Gasteiger partial charge < -0.3 is 14.2 Å². The Hall–Kier alpha value is -4.15. The van der Waals surface area contributed by atoms with E-state index in [1.165, 1.54) is 61.9 Å². The summed E-state index contributed by atoms with van der Waals surface area (Å²) in [7, 11) is 1.39. The molecule has 0 aliphatic carbocycles. The minimum absolute atomic E-state index is 0.0358. The Kier molecular flexibility index (Phi) is 8.60. The first-order valence-electron chi connectivity index (χ1n) is 9.82. The molecule has 10 nitrogen and oxygen atoms in total. The Balaban J connectivity index is 1.60. The quantitative estimate of drug-likeness (QED) is 0.143. The molecule has 0 saturated heterocycles. The average Bonchev–Trinajstić information content (AvgIpc) is 2.83. The SMILES string of the molecule is COc1cc(C=NNC(=O)COc2ccccc2[N+](=O)[O-])ccc1OC(=O)c1ccc(Cl)cc1Cl. The third-order valence-corrected chi connectivity index (χ3v) is 4.91. The van der Waals surface area contributed by atoms with Crippen molar-refractivity contribution < 1.29 is 28.7 Å². The molecule has 1 amide bonds. The Morgan fingerprint density at radius 2 is 1.83 bits per heavy atom. The first-order chi connectivity index (χ1) is 16.8. The number of nitro groups is 1. The van der Waals surface area contributed by atoms with Crippen molar-refractivity contribution >= 4 is 47.0 Å². The number of nitro benzene ring substituents is 1. The van der Waals surface area contributed by atoms with Crippen LogP contribution < -0.4 is 19.6 Å². The van der Waals surface area contributed by atoms with Crippen molar-refractivity contribution in [1.29, 1.82) is 0 Å². The number of carbonyl (C=O) groups excluding carboxylic acids is 2. The Morgan fingerprint density at radius 3 is 2.54 bits per heavy atom. The molecular weight excluding hydrogens is 501 g/mol. The summed E-state index contributed by atoms with van der Waals surface area (Å²) in [4.78, 5) is 34.8. The molecule has 0 heterocycles. The van der Waals surface area contributed by atoms with Gasteiger partial charge in [0.2, 0.25) is 0 Å². The smallest absolute Gasteiger partial charge is 0.345 e. The van der Waals surface area contributed by atoms with E-state index in [1.54, 1.807) is 12.1 Å². The van der Waals surface area contributed by atoms with Crippen molar-refractivity contribution in [1.82, 2.24) is 5.43 Å². The second-order valence-corrected chi connectivity index (χ2v) is 7.57. The fraction of sp³-hybridized carbons (Fsp3) is 0.0870. The van der Waals surface area contributed by atoms with Gasteiger partial charge in [0.1, 0.15) is 0 Å². The fourth-order valence-corrected chi connectivity index (χ4v) is 3.23. The van der Waals surface area contributed by atoms with Gasteiger partial charge in [-0.15, -0.1) is 0 Å². The molecule has 3 rings (SSSR count). The predicted molar refractivity (Wildman–Crippen MR) is 129 cm³/mol. The summed E-state index contributed by atoms with van der Waals surface area (Å²) >= 11 is 11.9. The van der Waals surface area contributed by atoms with Crippen molar-refractivity contribution in [3.63, 3.8) is 0 Å². The van der Waals surface area contributed by atoms with Gasteiger partial charge in [-0.25, -0.2) is 10.2 Å². The molecule has 35 heavy (non-hydrogen) atoms. The lowest BCUT2D eigenvalue weighted by Crippen LogP contribution is -2.24. The summed E-state index contributed by atoms with van der Waals surface area (Å²) in [5, 5.41) is 15.3. The molecule has 0 radical (unpaired) electrons. The van der Waals surface area contributed by atoms with Crippen LogP contribution in [0.5, 0.6) is 17.2 Å². The number of nitrogens with zero attached hydrogens (tertiary/aromatic N) is 2. The van der Waals surface area contributed by atoms with E-state index in [-0.39, 0.29) is 33.5 Å². The molecule has 0 fully saturated rings. The van der Waals surface area contributed by atoms with Crippen LogP contribution in [0, 0.1) is 10.1 Å². The van der Waals surface area contributed by atoms with E-state index in [0.717, 1.165) is 0 Å². The fourth-order valence-electron chi connectivity index (χ4n) is 2.74. The van der Waals surface area contributed by atoms with Gasteiger partial charge in [0.15, 0.2) is 23.9 Å². The standard InChI is InChI=1S/C23H17Cl2N3O7/c1-33-21-10-14(6-9-20(21)35-23(30)16-8-7-15(24)11-17(16)25)12-26-27-22(29)13-34-19-5-3-2-4-18(19)28(31)32/h2-12H,13H2,1H3,(H,27,29). The highest BCUT2D eigenvalue weighted by atomic mass is 35.5. The minimum atomic E-state index is -0.697. The van der Waals surface area contributed by atoms with Crippen molar-refractivity contribution in [3.05, 3.63) is 92.0 Å². The van der Waals surface area contributed by atoms with E-state index in [1.807, 2.05) is 0 Å². The second-order valence-electron chi connectivity index (χ2n) is 6.73. The molecule has 0 aromatic heterocycles. The summed E-state index contributed by atoms with van der Waals surface area (Å²) in [6.07, 6.45) is 1.33. The maximum absolute atomic E-state index is 12.4. The largest absolute Gasteiger partial charge is 0.493 e. The number of amides is 1. The monoisotopic (exact) mass is 517 g/mol. The highest BCUT2D eigenvalue weighted by Crippen LogP contribution is 2.30. The Bertz CT molecular complexity index is 1300. The zero-order valence-corrected chi connectivity index (χ0v) is 19.6. The van der Waals surface area contributed by atoms with Crippen LogP contribution in [-0.2, 0) is 4.79 Å². The molecule has 0 spiro atoms. The van der Waals surface area contributed by atoms with Gasteiger partial charge in [-0.05, 0) is 48.0 Å². The Morgan fingerprint density at radius 1 is 1.06 bits per heavy atom. The van der Waals surface area contributed by atoms with Crippen LogP contribution in [0.4, 0.5) is 5.69 Å². The number of para-hydroxylation sites is 2. The van der Waals surface area contributed by atoms with Crippen LogP contribution in [0.3, 0.4) is 0 Å². The number of hydrogen-bond donors (Lipinski definition) is 1. The van der Waals surface area contributed by atoms with Crippen molar-refractivity contribution in [3.8, 4) is 17.2 Å². The van der Waals surface area contributed by atoms with E-state index in [4.69, 9.17) is 37.4 Å². The number of hydrazone groups is 1. The number of rotatable bonds is 9. The lowest BCUT2D eigenvalue weighted by molar-refractivity contribution is -0.385. The lowest BCUT2D eigenvalue weighted by atomic mass is 10.2. The van der Waals surface area contributed by atoms with E-state index in [9.17, 15) is 19.7 Å². The van der Waals surface area contributed by atoms with Crippen molar-refractivity contribution in [2.75, 3.05) is 13.7 Å². The topological polar surface area (TPSA) is 129 Å². The molecule has 0 atom stereocenters. The van der Waals surface area contributed by atoms with Crippen LogP contribution in [0.2, 0.25) is 10.0 Å². The van der Waals surface area contributed by atoms with Gasteiger partial charge in [-0.3, -0.25) is 14.9 Å². The van der Waals surface area contributed by atoms with Gasteiger partial charge in [0.05, 0.1) is 28.8 Å². The van der Waals surface area contributed by atoms with E-state index in [2.05, 4.69) is 10.5 Å². The molecule has 0 aliphatic heterocycles. The molecule has 0 saturated carbocycles. The number of hydrogen-bond acceptors (Lipinski definition) is 8. The number of ether oxygens (including phenoxy) is 3. The molecule has 180 valence electrons. The van der Waals surface area contributed by atoms with Crippen LogP contribution in [0.1, 0.15) is 15.9 Å². The van der Waals surface area contributed by atoms with Gasteiger partial charge in [-0.1, -0.05) is 35.3 Å². The minimum Gasteiger partial charge on any atom is -0.493 e.